The quantitative estimate of drug-likeness (QED) is 0.613. The van der Waals surface area contributed by atoms with Crippen molar-refractivity contribution in [2.75, 3.05) is 0 Å². The summed E-state index contributed by atoms with van der Waals surface area (Å²) in [5.41, 5.74) is 0.906. The van der Waals surface area contributed by atoms with Crippen LogP contribution in [0, 0.1) is 6.92 Å². The van der Waals surface area contributed by atoms with Gasteiger partial charge in [0.1, 0.15) is 0 Å². The molecule has 0 radical (unpaired) electrons. The summed E-state index contributed by atoms with van der Waals surface area (Å²) in [6.07, 6.45) is 0.591. The maximum absolute atomic E-state index is 11.4. The van der Waals surface area contributed by atoms with Crippen LogP contribution in [0.3, 0.4) is 0 Å². The molecule has 0 bridgehead atoms. The van der Waals surface area contributed by atoms with Gasteiger partial charge in [0.05, 0.1) is 5.56 Å². The summed E-state index contributed by atoms with van der Waals surface area (Å²) in [4.78, 5) is 21.8. The molecule has 1 aromatic rings. The summed E-state index contributed by atoms with van der Waals surface area (Å²) in [6.45, 7) is 4.33. The Bertz CT molecular complexity index is 352. The van der Waals surface area contributed by atoms with Gasteiger partial charge in [-0.1, -0.05) is 0 Å². The Kier molecular flexibility index (Phi) is 2.43. The van der Waals surface area contributed by atoms with Crippen molar-refractivity contribution in [2.24, 2.45) is 0 Å². The molecule has 0 aliphatic rings. The first kappa shape index (κ1) is 8.71. The van der Waals surface area contributed by atoms with Gasteiger partial charge in [-0.25, -0.2) is 0 Å². The number of carbonyl (C=O) groups excluding carboxylic acids is 1. The summed E-state index contributed by atoms with van der Waals surface area (Å²) < 4.78 is 1.57. The highest BCUT2D eigenvalue weighted by Gasteiger charge is 2.02. The zero-order valence-electron chi connectivity index (χ0n) is 7.20. The van der Waals surface area contributed by atoms with Gasteiger partial charge in [0.2, 0.25) is 0 Å². The van der Waals surface area contributed by atoms with Crippen LogP contribution < -0.4 is 5.56 Å². The largest absolute Gasteiger partial charge is 0.313 e. The highest BCUT2D eigenvalue weighted by Crippen LogP contribution is 1.95. The summed E-state index contributed by atoms with van der Waals surface area (Å²) in [7, 11) is 0. The fourth-order valence-electron chi connectivity index (χ4n) is 1.17. The van der Waals surface area contributed by atoms with Gasteiger partial charge in [0, 0.05) is 12.2 Å². The van der Waals surface area contributed by atoms with E-state index >= 15 is 0 Å². The Morgan fingerprint density at radius 1 is 1.50 bits per heavy atom. The molecule has 1 aromatic heterocycles. The number of hydrogen-bond acceptors (Lipinski definition) is 2. The van der Waals surface area contributed by atoms with Gasteiger partial charge in [-0.2, -0.15) is 0 Å². The predicted octanol–water partition coefficient (Wildman–Crippen LogP) is 0.989. The lowest BCUT2D eigenvalue weighted by molar-refractivity contribution is 0.112. The molecular weight excluding hydrogens is 154 g/mol. The monoisotopic (exact) mass is 165 g/mol. The van der Waals surface area contributed by atoms with Crippen LogP contribution in [0.2, 0.25) is 0 Å². The first-order valence-electron chi connectivity index (χ1n) is 3.86. The van der Waals surface area contributed by atoms with Gasteiger partial charge in [-0.05, 0) is 26.0 Å². The summed E-state index contributed by atoms with van der Waals surface area (Å²) in [5.74, 6) is 0. The van der Waals surface area contributed by atoms with Crippen molar-refractivity contribution in [3.8, 4) is 0 Å². The average Bonchev–Trinajstić information content (AvgIpc) is 2.06. The molecule has 0 atom stereocenters. The molecule has 1 heterocycles. The van der Waals surface area contributed by atoms with E-state index in [9.17, 15) is 9.59 Å². The Balaban J connectivity index is 3.44. The van der Waals surface area contributed by atoms with Gasteiger partial charge in [-0.3, -0.25) is 9.59 Å². The second kappa shape index (κ2) is 3.34. The minimum absolute atomic E-state index is 0.201. The molecule has 12 heavy (non-hydrogen) atoms. The van der Waals surface area contributed by atoms with Crippen molar-refractivity contribution in [1.29, 1.82) is 0 Å². The maximum Gasteiger partial charge on any atom is 0.261 e. The Labute approximate surface area is 70.6 Å². The zero-order chi connectivity index (χ0) is 9.14. The topological polar surface area (TPSA) is 39.1 Å². The highest BCUT2D eigenvalue weighted by atomic mass is 16.1. The van der Waals surface area contributed by atoms with E-state index in [0.717, 1.165) is 5.69 Å². The SMILES string of the molecule is CCn1c(C)ccc(C=O)c1=O. The second-order valence-corrected chi connectivity index (χ2v) is 2.60. The number of rotatable bonds is 2. The Morgan fingerprint density at radius 2 is 2.17 bits per heavy atom. The molecule has 0 N–H and O–H groups in total. The van der Waals surface area contributed by atoms with E-state index in [4.69, 9.17) is 0 Å². The molecule has 3 heteroatoms. The van der Waals surface area contributed by atoms with Gasteiger partial charge >= 0.3 is 0 Å². The van der Waals surface area contributed by atoms with Crippen LogP contribution in [0.4, 0.5) is 0 Å². The van der Waals surface area contributed by atoms with Crippen LogP contribution in [0.1, 0.15) is 23.0 Å². The molecule has 0 amide bonds. The number of carbonyl (C=O) groups is 1. The van der Waals surface area contributed by atoms with Crippen LogP contribution in [0.25, 0.3) is 0 Å². The molecule has 0 saturated carbocycles. The minimum atomic E-state index is -0.201. The van der Waals surface area contributed by atoms with Crippen molar-refractivity contribution in [3.05, 3.63) is 33.7 Å². The van der Waals surface area contributed by atoms with E-state index in [2.05, 4.69) is 0 Å². The Hall–Kier alpha value is -1.38. The van der Waals surface area contributed by atoms with Crippen LogP contribution in [-0.2, 0) is 6.54 Å². The van der Waals surface area contributed by atoms with E-state index in [1.165, 1.54) is 0 Å². The van der Waals surface area contributed by atoms with Crippen molar-refractivity contribution >= 4 is 6.29 Å². The number of aryl methyl sites for hydroxylation is 1. The summed E-state index contributed by atoms with van der Waals surface area (Å²) in [5, 5.41) is 0. The second-order valence-electron chi connectivity index (χ2n) is 2.60. The van der Waals surface area contributed by atoms with E-state index < -0.39 is 0 Å². The molecular formula is C9H11NO2. The zero-order valence-corrected chi connectivity index (χ0v) is 7.20. The van der Waals surface area contributed by atoms with E-state index in [0.29, 0.717) is 12.8 Å². The molecule has 0 aliphatic heterocycles. The van der Waals surface area contributed by atoms with Crippen molar-refractivity contribution in [3.63, 3.8) is 0 Å². The van der Waals surface area contributed by atoms with Gasteiger partial charge < -0.3 is 4.57 Å². The molecule has 0 saturated heterocycles. The standard InChI is InChI=1S/C9H11NO2/c1-3-10-7(2)4-5-8(6-11)9(10)12/h4-6H,3H2,1-2H3. The maximum atomic E-state index is 11.4. The number of aromatic nitrogens is 1. The predicted molar refractivity (Wildman–Crippen MR) is 46.5 cm³/mol. The van der Waals surface area contributed by atoms with Crippen LogP contribution in [0.5, 0.6) is 0 Å². The van der Waals surface area contributed by atoms with Gasteiger partial charge in [-0.15, -0.1) is 0 Å². The number of nitrogens with zero attached hydrogens (tertiary/aromatic N) is 1. The summed E-state index contributed by atoms with van der Waals surface area (Å²) in [6, 6.07) is 3.32. The van der Waals surface area contributed by atoms with Gasteiger partial charge in [0.25, 0.3) is 5.56 Å². The average molecular weight is 165 g/mol. The lowest BCUT2D eigenvalue weighted by atomic mass is 10.2. The normalized spacial score (nSPS) is 9.83. The molecule has 1 rings (SSSR count). The molecule has 3 nitrogen and oxygen atoms in total. The van der Waals surface area contributed by atoms with Gasteiger partial charge in [0.15, 0.2) is 6.29 Å². The first-order valence-corrected chi connectivity index (χ1v) is 3.86. The lowest BCUT2D eigenvalue weighted by Crippen LogP contribution is -2.24. The van der Waals surface area contributed by atoms with Crippen molar-refractivity contribution in [2.45, 2.75) is 20.4 Å². The summed E-state index contributed by atoms with van der Waals surface area (Å²) >= 11 is 0. The fourth-order valence-corrected chi connectivity index (χ4v) is 1.17. The van der Waals surface area contributed by atoms with Crippen molar-refractivity contribution in [1.82, 2.24) is 4.57 Å². The minimum Gasteiger partial charge on any atom is -0.313 e. The van der Waals surface area contributed by atoms with Crippen molar-refractivity contribution < 1.29 is 4.79 Å². The number of hydrogen-bond donors (Lipinski definition) is 0. The smallest absolute Gasteiger partial charge is 0.261 e. The third kappa shape index (κ3) is 1.30. The molecule has 0 aliphatic carbocycles. The number of aldehydes is 1. The van der Waals surface area contributed by atoms with Crippen LogP contribution in [-0.4, -0.2) is 10.9 Å². The Morgan fingerprint density at radius 3 is 2.67 bits per heavy atom. The highest BCUT2D eigenvalue weighted by molar-refractivity contribution is 5.73. The van der Waals surface area contributed by atoms with E-state index in [-0.39, 0.29) is 11.1 Å². The van der Waals surface area contributed by atoms with Crippen LogP contribution in [0.15, 0.2) is 16.9 Å². The molecule has 0 fully saturated rings. The molecule has 0 aromatic carbocycles. The molecule has 64 valence electrons. The third-order valence-electron chi connectivity index (χ3n) is 1.87. The van der Waals surface area contributed by atoms with E-state index in [1.807, 2.05) is 13.8 Å². The first-order chi connectivity index (χ1) is 5.70. The lowest BCUT2D eigenvalue weighted by Gasteiger charge is -2.05. The van der Waals surface area contributed by atoms with E-state index in [1.54, 1.807) is 16.7 Å². The fraction of sp³-hybridized carbons (Fsp3) is 0.333. The van der Waals surface area contributed by atoms with Crippen LogP contribution >= 0.6 is 0 Å². The molecule has 0 spiro atoms. The number of pyridine rings is 1. The third-order valence-corrected chi connectivity index (χ3v) is 1.87. The molecule has 0 unspecified atom stereocenters.